The molecule has 0 unspecified atom stereocenters. The van der Waals surface area contributed by atoms with E-state index in [9.17, 15) is 4.79 Å². The normalized spacial score (nSPS) is 12.2. The highest BCUT2D eigenvalue weighted by Gasteiger charge is 2.19. The number of thiol groups is 1. The number of hydrogen-bond acceptors (Lipinski definition) is 4. The molecule has 0 amide bonds. The van der Waals surface area contributed by atoms with E-state index in [1.807, 2.05) is 0 Å². The van der Waals surface area contributed by atoms with E-state index in [1.165, 1.54) is 9.08 Å². The molecule has 0 spiro atoms. The second-order valence-corrected chi connectivity index (χ2v) is 4.88. The van der Waals surface area contributed by atoms with Crippen molar-refractivity contribution < 1.29 is 0 Å². The third kappa shape index (κ3) is 1.97. The summed E-state index contributed by atoms with van der Waals surface area (Å²) in [6, 6.07) is 0. The third-order valence-corrected chi connectivity index (χ3v) is 3.25. The summed E-state index contributed by atoms with van der Waals surface area (Å²) in [6.45, 7) is 4.65. The van der Waals surface area contributed by atoms with Crippen molar-refractivity contribution in [3.05, 3.63) is 29.1 Å². The minimum Gasteiger partial charge on any atom is -0.259 e. The lowest BCUT2D eigenvalue weighted by atomic mass is 9.97. The summed E-state index contributed by atoms with van der Waals surface area (Å²) in [6.07, 6.45) is 4.77. The molecule has 0 bridgehead atoms. The van der Waals surface area contributed by atoms with E-state index in [0.717, 1.165) is 0 Å². The van der Waals surface area contributed by atoms with Gasteiger partial charge in [0.1, 0.15) is 0 Å². The van der Waals surface area contributed by atoms with Crippen molar-refractivity contribution in [1.29, 1.82) is 0 Å². The minimum absolute atomic E-state index is 0.0572. The molecule has 5 nitrogen and oxygen atoms in total. The van der Waals surface area contributed by atoms with E-state index >= 15 is 0 Å². The maximum absolute atomic E-state index is 11.9. The Kier molecular flexibility index (Phi) is 2.75. The summed E-state index contributed by atoms with van der Waals surface area (Å²) in [4.78, 5) is 15.9. The lowest BCUT2D eigenvalue weighted by Gasteiger charge is -2.20. The average Bonchev–Trinajstić information content (AvgIpc) is 2.56. The molecule has 0 fully saturated rings. The fourth-order valence-electron chi connectivity index (χ4n) is 1.44. The van der Waals surface area contributed by atoms with Crippen molar-refractivity contribution in [1.82, 2.24) is 19.2 Å². The predicted molar refractivity (Wildman–Crippen MR) is 64.9 cm³/mol. The zero-order valence-electron chi connectivity index (χ0n) is 9.29. The van der Waals surface area contributed by atoms with E-state index in [4.69, 9.17) is 0 Å². The molecule has 2 aromatic heterocycles. The van der Waals surface area contributed by atoms with E-state index in [-0.39, 0.29) is 11.1 Å². The first-order valence-electron chi connectivity index (χ1n) is 5.03. The Labute approximate surface area is 98.5 Å². The van der Waals surface area contributed by atoms with Gasteiger partial charge >= 0.3 is 5.69 Å². The Morgan fingerprint density at radius 2 is 2.25 bits per heavy atom. The molecule has 0 radical (unpaired) electrons. The number of fused-ring (bicyclic) bond motifs is 1. The van der Waals surface area contributed by atoms with Crippen LogP contribution >= 0.6 is 12.6 Å². The molecule has 2 aromatic rings. The number of nitrogens with zero attached hydrogens (tertiary/aromatic N) is 4. The SMILES string of the molecule is CC(C)(CS)Cn1nc2cnccn2c1=O. The topological polar surface area (TPSA) is 52.2 Å². The summed E-state index contributed by atoms with van der Waals surface area (Å²) >= 11 is 4.27. The molecule has 0 saturated carbocycles. The second kappa shape index (κ2) is 3.93. The van der Waals surface area contributed by atoms with E-state index in [2.05, 4.69) is 36.6 Å². The Morgan fingerprint density at radius 1 is 1.50 bits per heavy atom. The second-order valence-electron chi connectivity index (χ2n) is 4.57. The monoisotopic (exact) mass is 238 g/mol. The van der Waals surface area contributed by atoms with Crippen molar-refractivity contribution in [2.24, 2.45) is 5.41 Å². The van der Waals surface area contributed by atoms with Gasteiger partial charge in [0.15, 0.2) is 5.65 Å². The largest absolute Gasteiger partial charge is 0.350 e. The summed E-state index contributed by atoms with van der Waals surface area (Å²) < 4.78 is 2.95. The van der Waals surface area contributed by atoms with Crippen molar-refractivity contribution in [3.63, 3.8) is 0 Å². The van der Waals surface area contributed by atoms with Gasteiger partial charge in [-0.25, -0.2) is 13.9 Å². The van der Waals surface area contributed by atoms with Gasteiger partial charge in [0.25, 0.3) is 0 Å². The van der Waals surface area contributed by atoms with Gasteiger partial charge < -0.3 is 0 Å². The molecule has 0 N–H and O–H groups in total. The smallest absolute Gasteiger partial charge is 0.259 e. The average molecular weight is 238 g/mol. The Morgan fingerprint density at radius 3 is 2.88 bits per heavy atom. The van der Waals surface area contributed by atoms with Crippen LogP contribution in [-0.2, 0) is 6.54 Å². The molecule has 0 aliphatic heterocycles. The molecule has 0 aliphatic carbocycles. The number of rotatable bonds is 3. The third-order valence-electron chi connectivity index (χ3n) is 2.39. The molecule has 0 aromatic carbocycles. The van der Waals surface area contributed by atoms with Crippen LogP contribution in [0.4, 0.5) is 0 Å². The lowest BCUT2D eigenvalue weighted by Crippen LogP contribution is -2.30. The van der Waals surface area contributed by atoms with Gasteiger partial charge in [-0.2, -0.15) is 12.6 Å². The number of aromatic nitrogens is 4. The van der Waals surface area contributed by atoms with Crippen LogP contribution in [0, 0.1) is 5.41 Å². The van der Waals surface area contributed by atoms with Crippen LogP contribution in [0.3, 0.4) is 0 Å². The van der Waals surface area contributed by atoms with Crippen LogP contribution in [0.15, 0.2) is 23.4 Å². The standard InChI is InChI=1S/C10H14N4OS/c1-10(2,7-16)6-14-9(15)13-4-3-11-5-8(13)12-14/h3-5,16H,6-7H2,1-2H3. The zero-order chi connectivity index (χ0) is 11.8. The summed E-state index contributed by atoms with van der Waals surface area (Å²) in [5.41, 5.74) is 0.382. The molecular weight excluding hydrogens is 224 g/mol. The molecule has 6 heteroatoms. The first kappa shape index (κ1) is 11.2. The maximum atomic E-state index is 11.9. The van der Waals surface area contributed by atoms with Crippen molar-refractivity contribution in [2.75, 3.05) is 5.75 Å². The molecule has 2 rings (SSSR count). The van der Waals surface area contributed by atoms with E-state index in [0.29, 0.717) is 17.9 Å². The van der Waals surface area contributed by atoms with Crippen molar-refractivity contribution in [3.8, 4) is 0 Å². The first-order valence-corrected chi connectivity index (χ1v) is 5.67. The zero-order valence-corrected chi connectivity index (χ0v) is 10.2. The molecule has 2 heterocycles. The van der Waals surface area contributed by atoms with Crippen LogP contribution < -0.4 is 5.69 Å². The first-order chi connectivity index (χ1) is 7.53. The highest BCUT2D eigenvalue weighted by Crippen LogP contribution is 2.18. The van der Waals surface area contributed by atoms with Gasteiger partial charge in [0.05, 0.1) is 12.7 Å². The van der Waals surface area contributed by atoms with Gasteiger partial charge in [-0.1, -0.05) is 13.8 Å². The van der Waals surface area contributed by atoms with Crippen LogP contribution in [0.5, 0.6) is 0 Å². The molecular formula is C10H14N4OS. The van der Waals surface area contributed by atoms with Crippen LogP contribution in [0.1, 0.15) is 13.8 Å². The van der Waals surface area contributed by atoms with E-state index < -0.39 is 0 Å². The van der Waals surface area contributed by atoms with Crippen molar-refractivity contribution in [2.45, 2.75) is 20.4 Å². The van der Waals surface area contributed by atoms with E-state index in [1.54, 1.807) is 18.6 Å². The van der Waals surface area contributed by atoms with Gasteiger partial charge in [-0.15, -0.1) is 5.10 Å². The van der Waals surface area contributed by atoms with Crippen LogP contribution in [0.2, 0.25) is 0 Å². The van der Waals surface area contributed by atoms with Crippen LogP contribution in [-0.4, -0.2) is 24.9 Å². The van der Waals surface area contributed by atoms with Gasteiger partial charge in [0, 0.05) is 12.4 Å². The summed E-state index contributed by atoms with van der Waals surface area (Å²) in [5, 5.41) is 4.22. The summed E-state index contributed by atoms with van der Waals surface area (Å²) in [5.74, 6) is 0.700. The van der Waals surface area contributed by atoms with Crippen molar-refractivity contribution >= 4 is 18.3 Å². The Hall–Kier alpha value is -1.30. The lowest BCUT2D eigenvalue weighted by molar-refractivity contribution is 0.328. The minimum atomic E-state index is -0.132. The molecule has 16 heavy (non-hydrogen) atoms. The molecule has 0 saturated heterocycles. The predicted octanol–water partition coefficient (Wildman–Crippen LogP) is 0.847. The Bertz CT molecular complexity index is 557. The van der Waals surface area contributed by atoms with Gasteiger partial charge in [-0.05, 0) is 11.2 Å². The number of hydrogen-bond donors (Lipinski definition) is 1. The van der Waals surface area contributed by atoms with Gasteiger partial charge in [0.2, 0.25) is 0 Å². The molecule has 0 atom stereocenters. The quantitative estimate of drug-likeness (QED) is 0.806. The molecule has 86 valence electrons. The van der Waals surface area contributed by atoms with Crippen LogP contribution in [0.25, 0.3) is 5.65 Å². The molecule has 0 aliphatic rings. The Balaban J connectivity index is 2.47. The summed E-state index contributed by atoms with van der Waals surface area (Å²) in [7, 11) is 0. The van der Waals surface area contributed by atoms with Gasteiger partial charge in [-0.3, -0.25) is 4.98 Å². The highest BCUT2D eigenvalue weighted by molar-refractivity contribution is 7.80. The maximum Gasteiger partial charge on any atom is 0.350 e. The fraction of sp³-hybridized carbons (Fsp3) is 0.500. The highest BCUT2D eigenvalue weighted by atomic mass is 32.1. The fourth-order valence-corrected chi connectivity index (χ4v) is 1.54.